The van der Waals surface area contributed by atoms with Gasteiger partial charge in [-0.05, 0) is 158 Å². The van der Waals surface area contributed by atoms with Crippen LogP contribution in [0.25, 0.3) is 0 Å². The topological polar surface area (TPSA) is 13.0 Å². The molecule has 11 aromatic carbocycles. The highest BCUT2D eigenvalue weighted by Crippen LogP contribution is 2.51. The molecule has 5 aliphatic rings. The van der Waals surface area contributed by atoms with E-state index in [0.717, 1.165) is 28.4 Å². The molecule has 4 nitrogen and oxygen atoms in total. The van der Waals surface area contributed by atoms with Gasteiger partial charge < -0.3 is 19.6 Å². The van der Waals surface area contributed by atoms with Crippen LogP contribution < -0.4 is 68.8 Å². The highest BCUT2D eigenvalue weighted by Gasteiger charge is 2.52. The molecule has 8 heteroatoms. The van der Waals surface area contributed by atoms with Gasteiger partial charge in [-0.2, -0.15) is 0 Å². The van der Waals surface area contributed by atoms with E-state index in [1.165, 1.54) is 115 Å². The molecule has 0 N–H and O–H groups in total. The molecule has 0 spiro atoms. The van der Waals surface area contributed by atoms with Crippen LogP contribution in [0.1, 0.15) is 76.0 Å². The number of hydrogen-bond donors (Lipinski definition) is 0. The van der Waals surface area contributed by atoms with Crippen LogP contribution in [0.4, 0.5) is 68.2 Å². The zero-order valence-electron chi connectivity index (χ0n) is 47.8. The van der Waals surface area contributed by atoms with Crippen LogP contribution in [0.3, 0.4) is 0 Å². The summed E-state index contributed by atoms with van der Waals surface area (Å²) in [6, 6.07) is 92.2. The molecule has 0 saturated carbocycles. The van der Waals surface area contributed by atoms with E-state index in [0.29, 0.717) is 17.8 Å². The third kappa shape index (κ3) is 7.58. The molecule has 0 saturated heterocycles. The summed E-state index contributed by atoms with van der Waals surface area (Å²) in [5, 5.41) is 0. The van der Waals surface area contributed by atoms with E-state index in [1.807, 2.05) is 11.8 Å². The molecule has 0 radical (unpaired) electrons. The van der Waals surface area contributed by atoms with Gasteiger partial charge in [0.25, 0.3) is 13.4 Å². The number of fused-ring (bicyclic) bond motifs is 12. The fourth-order valence-electron chi connectivity index (χ4n) is 14.8. The summed E-state index contributed by atoms with van der Waals surface area (Å²) in [6.07, 6.45) is 0. The normalized spacial score (nSPS) is 13.8. The second kappa shape index (κ2) is 19.4. The van der Waals surface area contributed by atoms with Crippen molar-refractivity contribution in [2.24, 2.45) is 0 Å². The third-order valence-electron chi connectivity index (χ3n) is 18.4. The summed E-state index contributed by atoms with van der Waals surface area (Å²) >= 11 is 1.95. The summed E-state index contributed by atoms with van der Waals surface area (Å²) < 4.78 is 0. The molecule has 0 amide bonds. The zero-order chi connectivity index (χ0) is 55.8. The predicted molar refractivity (Wildman–Crippen MR) is 358 cm³/mol. The van der Waals surface area contributed by atoms with Crippen molar-refractivity contribution in [2.75, 3.05) is 19.6 Å². The minimum atomic E-state index is -0.124. The molecule has 0 unspecified atom stereocenters. The van der Waals surface area contributed by atoms with Gasteiger partial charge in [0.1, 0.15) is 0 Å². The Bertz CT molecular complexity index is 4330. The van der Waals surface area contributed by atoms with E-state index in [-0.39, 0.29) is 20.1 Å². The second-order valence-electron chi connectivity index (χ2n) is 24.1. The van der Waals surface area contributed by atoms with E-state index in [4.69, 9.17) is 0 Å². The van der Waals surface area contributed by atoms with E-state index < -0.39 is 0 Å². The van der Waals surface area contributed by atoms with Crippen molar-refractivity contribution in [2.45, 2.75) is 69.1 Å². The van der Waals surface area contributed by atoms with Gasteiger partial charge >= 0.3 is 0 Å². The van der Waals surface area contributed by atoms with Gasteiger partial charge in [-0.1, -0.05) is 221 Å². The largest absolute Gasteiger partial charge is 0.312 e. The first-order valence-corrected chi connectivity index (χ1v) is 30.6. The number of hydrogen-bond acceptors (Lipinski definition) is 5. The van der Waals surface area contributed by atoms with Crippen molar-refractivity contribution in [3.8, 4) is 0 Å². The van der Waals surface area contributed by atoms with Gasteiger partial charge in [-0.15, -0.1) is 0 Å². The van der Waals surface area contributed by atoms with Crippen LogP contribution in [0.5, 0.6) is 0 Å². The quantitative estimate of drug-likeness (QED) is 0.133. The van der Waals surface area contributed by atoms with Crippen molar-refractivity contribution in [3.63, 3.8) is 0 Å². The summed E-state index contributed by atoms with van der Waals surface area (Å²) in [4.78, 5) is 13.0. The van der Waals surface area contributed by atoms with Crippen LogP contribution in [0.15, 0.2) is 252 Å². The van der Waals surface area contributed by atoms with Crippen LogP contribution >= 0.6 is 11.8 Å². The minimum absolute atomic E-state index is 0.0189. The molecule has 5 aliphatic heterocycles. The molecule has 11 aromatic rings. The fraction of sp³-hybridized carbons (Fsp3) is 0.120. The van der Waals surface area contributed by atoms with Crippen LogP contribution in [0, 0.1) is 0 Å². The summed E-state index contributed by atoms with van der Waals surface area (Å²) in [7, 11) is 0. The average Bonchev–Trinajstić information content (AvgIpc) is 1.22. The molecule has 0 bridgehead atoms. The molecule has 0 aliphatic carbocycles. The lowest BCUT2D eigenvalue weighted by Crippen LogP contribution is -2.69. The van der Waals surface area contributed by atoms with Crippen molar-refractivity contribution in [1.29, 1.82) is 0 Å². The van der Waals surface area contributed by atoms with E-state index in [1.54, 1.807) is 0 Å². The third-order valence-corrected chi connectivity index (χ3v) is 19.6. The molecular formula is C75H61B3N4S. The van der Waals surface area contributed by atoms with Crippen molar-refractivity contribution in [1.82, 2.24) is 0 Å². The second-order valence-corrected chi connectivity index (χ2v) is 25.2. The summed E-state index contributed by atoms with van der Waals surface area (Å²) in [5.41, 5.74) is 30.8. The standard InChI is InChI=1S/C75H61B3N4S/c1-47(2)50-41-56(48(3)4)72(57(42-50)49(5)6)78-61-35-21-24-38-70(61)83-71-46-67-62(44-63(71)78)77-60-40-39-55(79(51-25-11-7-12-26-51)52-27-13-8-14-28-52)43-66(60)82-65-37-23-20-34-59(65)76-58-33-19-22-36-64(58)80(53-29-15-9-16-30-53)68-45-69(74(77)75(82)73(68)76)81(67)54-31-17-10-18-32-54/h7-49H,1-6H3. The van der Waals surface area contributed by atoms with Crippen LogP contribution in [-0.4, -0.2) is 20.1 Å². The van der Waals surface area contributed by atoms with Gasteiger partial charge in [0.2, 0.25) is 6.71 Å². The highest BCUT2D eigenvalue weighted by atomic mass is 32.2. The average molecular weight is 1080 g/mol. The Morgan fingerprint density at radius 1 is 0.313 bits per heavy atom. The SMILES string of the molecule is CC(C)c1cc(C(C)C)c(B2c3ccccc3Sc3cc4c(cc32)B2c3ccc(N(c5ccccc5)c5ccccc5)cc3N3c5ccccc5B5c6ccccc6N(c6ccccc6)c6cc(c2c3c65)N4c2ccccc2)c(C(C)C)c1. The minimum Gasteiger partial charge on any atom is -0.312 e. The molecule has 83 heavy (non-hydrogen) atoms. The van der Waals surface area contributed by atoms with Crippen molar-refractivity contribution < 1.29 is 0 Å². The lowest BCUT2D eigenvalue weighted by Gasteiger charge is -2.51. The first-order chi connectivity index (χ1) is 40.7. The Morgan fingerprint density at radius 3 is 1.34 bits per heavy atom. The number of nitrogens with zero attached hydrogens (tertiary/aromatic N) is 4. The van der Waals surface area contributed by atoms with Gasteiger partial charge in [0.15, 0.2) is 0 Å². The van der Waals surface area contributed by atoms with E-state index in [2.05, 4.69) is 304 Å². The molecule has 16 rings (SSSR count). The maximum atomic E-state index is 2.70. The number of anilines is 12. The molecule has 0 atom stereocenters. The first-order valence-electron chi connectivity index (χ1n) is 29.8. The molecule has 396 valence electrons. The van der Waals surface area contributed by atoms with Gasteiger partial charge in [-0.25, -0.2) is 0 Å². The lowest BCUT2D eigenvalue weighted by atomic mass is 9.28. The molecule has 0 fully saturated rings. The summed E-state index contributed by atoms with van der Waals surface area (Å²) in [6.45, 7) is 14.2. The Labute approximate surface area is 494 Å². The van der Waals surface area contributed by atoms with Crippen molar-refractivity contribution >= 4 is 149 Å². The smallest absolute Gasteiger partial charge is 0.252 e. The zero-order valence-corrected chi connectivity index (χ0v) is 48.6. The number of para-hydroxylation sites is 6. The van der Waals surface area contributed by atoms with E-state index >= 15 is 0 Å². The lowest BCUT2D eigenvalue weighted by molar-refractivity contribution is 0.812. The van der Waals surface area contributed by atoms with Gasteiger partial charge in [0.05, 0.1) is 0 Å². The predicted octanol–water partition coefficient (Wildman–Crippen LogP) is 14.2. The van der Waals surface area contributed by atoms with Gasteiger partial charge in [-0.3, -0.25) is 0 Å². The maximum Gasteiger partial charge on any atom is 0.252 e. The monoisotopic (exact) mass is 1080 g/mol. The maximum absolute atomic E-state index is 2.70. The Morgan fingerprint density at radius 2 is 0.771 bits per heavy atom. The highest BCUT2D eigenvalue weighted by molar-refractivity contribution is 8.00. The van der Waals surface area contributed by atoms with Crippen molar-refractivity contribution in [3.05, 3.63) is 259 Å². The number of benzene rings is 11. The Hall–Kier alpha value is -8.84. The molecular weight excluding hydrogens is 1020 g/mol. The molecule has 0 aromatic heterocycles. The summed E-state index contributed by atoms with van der Waals surface area (Å²) in [5.74, 6) is 1.08. The Balaban J connectivity index is 1.05. The first kappa shape index (κ1) is 49.9. The Kier molecular flexibility index (Phi) is 11.7. The van der Waals surface area contributed by atoms with Crippen LogP contribution in [-0.2, 0) is 0 Å². The van der Waals surface area contributed by atoms with Gasteiger partial charge in [0, 0.05) is 78.0 Å². The van der Waals surface area contributed by atoms with E-state index in [9.17, 15) is 0 Å². The van der Waals surface area contributed by atoms with Crippen LogP contribution in [0.2, 0.25) is 0 Å². The molecule has 5 heterocycles. The number of rotatable bonds is 9. The fourth-order valence-corrected chi connectivity index (χ4v) is 16.0.